The summed E-state index contributed by atoms with van der Waals surface area (Å²) in [4.78, 5) is 24.1. The molecule has 0 radical (unpaired) electrons. The van der Waals surface area contributed by atoms with Crippen LogP contribution in [-0.4, -0.2) is 21.8 Å². The lowest BCUT2D eigenvalue weighted by Crippen LogP contribution is -2.46. The highest BCUT2D eigenvalue weighted by molar-refractivity contribution is 6.04. The van der Waals surface area contributed by atoms with Crippen molar-refractivity contribution >= 4 is 11.6 Å². The Morgan fingerprint density at radius 1 is 1.20 bits per heavy atom. The fourth-order valence-corrected chi connectivity index (χ4v) is 6.35. The van der Waals surface area contributed by atoms with Crippen molar-refractivity contribution in [1.82, 2.24) is 0 Å². The summed E-state index contributed by atoms with van der Waals surface area (Å²) in [7, 11) is 0. The van der Waals surface area contributed by atoms with Crippen LogP contribution in [0.5, 0.6) is 0 Å². The van der Waals surface area contributed by atoms with Crippen LogP contribution in [0.4, 0.5) is 0 Å². The molecule has 2 saturated carbocycles. The minimum atomic E-state index is -0.767. The molecular weight excluding hydrogens is 316 g/mol. The molecule has 0 heterocycles. The molecule has 0 saturated heterocycles. The zero-order chi connectivity index (χ0) is 18.1. The molecule has 4 heteroatoms. The average molecular weight is 342 g/mol. The number of Topliss-reactive ketones (excluding diaryl/α,β-unsaturated/α-hetero) is 1. The fourth-order valence-electron chi connectivity index (χ4n) is 6.35. The van der Waals surface area contributed by atoms with Crippen LogP contribution in [-0.2, 0) is 9.59 Å². The second-order valence-corrected chi connectivity index (χ2v) is 8.72. The molecule has 2 fully saturated rings. The minimum Gasteiger partial charge on any atom is -0.507 e. The van der Waals surface area contributed by atoms with Gasteiger partial charge in [-0.1, -0.05) is 18.6 Å². The number of ketones is 2. The normalized spacial score (nSPS) is 43.0. The summed E-state index contributed by atoms with van der Waals surface area (Å²) in [6, 6.07) is 0. The average Bonchev–Trinajstić information content (AvgIpc) is 2.92. The van der Waals surface area contributed by atoms with Gasteiger partial charge >= 0.3 is 0 Å². The number of aliphatic hydroxyl groups excluding tert-OH is 2. The van der Waals surface area contributed by atoms with Crippen molar-refractivity contribution in [3.8, 4) is 0 Å². The van der Waals surface area contributed by atoms with Crippen molar-refractivity contribution < 1.29 is 19.8 Å². The Kier molecular flexibility index (Phi) is 3.38. The second kappa shape index (κ2) is 5.09. The molecule has 0 aromatic heterocycles. The lowest BCUT2D eigenvalue weighted by Gasteiger charge is -2.52. The van der Waals surface area contributed by atoms with Crippen molar-refractivity contribution in [2.45, 2.75) is 52.9 Å². The van der Waals surface area contributed by atoms with Crippen LogP contribution in [0.3, 0.4) is 0 Å². The Bertz CT molecular complexity index is 771. The van der Waals surface area contributed by atoms with Crippen molar-refractivity contribution in [3.05, 3.63) is 34.8 Å². The van der Waals surface area contributed by atoms with E-state index in [0.29, 0.717) is 11.8 Å². The predicted molar refractivity (Wildman–Crippen MR) is 93.9 cm³/mol. The van der Waals surface area contributed by atoms with Gasteiger partial charge in [-0.25, -0.2) is 0 Å². The molecule has 5 atom stereocenters. The maximum absolute atomic E-state index is 12.1. The number of carbonyl (C=O) groups excluding carboxylic acids is 2. The first-order valence-electron chi connectivity index (χ1n) is 9.30. The molecule has 2 N–H and O–H groups in total. The van der Waals surface area contributed by atoms with Crippen LogP contribution < -0.4 is 0 Å². The van der Waals surface area contributed by atoms with E-state index in [4.69, 9.17) is 0 Å². The molecular formula is C21H26O4. The van der Waals surface area contributed by atoms with E-state index in [1.165, 1.54) is 6.08 Å². The number of hydrogen-bond donors (Lipinski definition) is 2. The van der Waals surface area contributed by atoms with Gasteiger partial charge in [0.1, 0.15) is 5.78 Å². The van der Waals surface area contributed by atoms with Gasteiger partial charge in [-0.2, -0.15) is 0 Å². The van der Waals surface area contributed by atoms with Crippen LogP contribution in [0, 0.1) is 28.6 Å². The van der Waals surface area contributed by atoms with Gasteiger partial charge in [-0.3, -0.25) is 9.59 Å². The molecule has 0 aliphatic heterocycles. The summed E-state index contributed by atoms with van der Waals surface area (Å²) in [5.41, 5.74) is 1.26. The van der Waals surface area contributed by atoms with E-state index in [9.17, 15) is 19.8 Å². The van der Waals surface area contributed by atoms with Gasteiger partial charge in [0, 0.05) is 5.92 Å². The number of fused-ring (bicyclic) bond motifs is 5. The van der Waals surface area contributed by atoms with Gasteiger partial charge in [0.05, 0.1) is 5.41 Å². The summed E-state index contributed by atoms with van der Waals surface area (Å²) in [6.07, 6.45) is 8.19. The van der Waals surface area contributed by atoms with Crippen LogP contribution in [0.2, 0.25) is 0 Å². The summed E-state index contributed by atoms with van der Waals surface area (Å²) >= 11 is 0. The number of carbonyl (C=O) groups is 2. The van der Waals surface area contributed by atoms with Crippen LogP contribution in [0.1, 0.15) is 52.9 Å². The molecule has 0 aromatic rings. The summed E-state index contributed by atoms with van der Waals surface area (Å²) in [6.45, 7) is 5.88. The van der Waals surface area contributed by atoms with E-state index in [-0.39, 0.29) is 22.9 Å². The summed E-state index contributed by atoms with van der Waals surface area (Å²) in [5, 5.41) is 20.7. The SMILES string of the molecule is CC(=O)[C@H]1CC[C@H]2[C@@H]3CCC4=CC(=O)C(O)=C(O)[C@]4(C)C3=CC[C@]12C. The first-order valence-corrected chi connectivity index (χ1v) is 9.30. The maximum Gasteiger partial charge on any atom is 0.223 e. The Balaban J connectivity index is 1.81. The standard InChI is InChI=1S/C21H26O4/c1-11(22)14-6-7-15-13-5-4-12-10-17(23)18(24)19(25)21(12,3)16(13)8-9-20(14,15)2/h8,10,13-15,24-25H,4-7,9H2,1-3H3/t13-,14+,15-,20+,21-/m0/s1. The first-order chi connectivity index (χ1) is 11.7. The third-order valence-corrected chi connectivity index (χ3v) is 7.73. The molecule has 4 aliphatic rings. The Morgan fingerprint density at radius 2 is 1.92 bits per heavy atom. The lowest BCUT2D eigenvalue weighted by molar-refractivity contribution is -0.124. The van der Waals surface area contributed by atoms with Crippen LogP contribution in [0.25, 0.3) is 0 Å². The van der Waals surface area contributed by atoms with Gasteiger partial charge in [-0.05, 0) is 74.9 Å². The fraction of sp³-hybridized carbons (Fsp3) is 0.619. The van der Waals surface area contributed by atoms with Crippen molar-refractivity contribution in [2.24, 2.45) is 28.6 Å². The van der Waals surface area contributed by atoms with Gasteiger partial charge in [0.2, 0.25) is 11.5 Å². The lowest BCUT2D eigenvalue weighted by atomic mass is 9.51. The van der Waals surface area contributed by atoms with E-state index in [2.05, 4.69) is 13.0 Å². The first kappa shape index (κ1) is 16.6. The van der Waals surface area contributed by atoms with E-state index in [1.807, 2.05) is 6.92 Å². The van der Waals surface area contributed by atoms with Gasteiger partial charge in [0.15, 0.2) is 5.76 Å². The topological polar surface area (TPSA) is 74.6 Å². The molecule has 4 aliphatic carbocycles. The highest BCUT2D eigenvalue weighted by Crippen LogP contribution is 2.65. The number of hydrogen-bond acceptors (Lipinski definition) is 4. The van der Waals surface area contributed by atoms with Crippen LogP contribution in [0.15, 0.2) is 34.8 Å². The van der Waals surface area contributed by atoms with Gasteiger partial charge in [0.25, 0.3) is 0 Å². The minimum absolute atomic E-state index is 0.0105. The maximum atomic E-state index is 12.1. The summed E-state index contributed by atoms with van der Waals surface area (Å²) < 4.78 is 0. The number of aliphatic hydroxyl groups is 2. The third-order valence-electron chi connectivity index (χ3n) is 7.73. The molecule has 0 unspecified atom stereocenters. The van der Waals surface area contributed by atoms with Crippen molar-refractivity contribution in [1.29, 1.82) is 0 Å². The molecule has 0 amide bonds. The molecule has 4 nitrogen and oxygen atoms in total. The van der Waals surface area contributed by atoms with E-state index in [1.54, 1.807) is 6.92 Å². The van der Waals surface area contributed by atoms with E-state index >= 15 is 0 Å². The molecule has 0 spiro atoms. The quantitative estimate of drug-likeness (QED) is 0.701. The molecule has 25 heavy (non-hydrogen) atoms. The molecule has 0 aromatic carbocycles. The van der Waals surface area contributed by atoms with E-state index in [0.717, 1.165) is 43.3 Å². The zero-order valence-corrected chi connectivity index (χ0v) is 15.1. The smallest absolute Gasteiger partial charge is 0.223 e. The predicted octanol–water partition coefficient (Wildman–Crippen LogP) is 4.19. The second-order valence-electron chi connectivity index (χ2n) is 8.72. The number of allylic oxidation sites excluding steroid dienone is 3. The largest absolute Gasteiger partial charge is 0.507 e. The Labute approximate surface area is 148 Å². The Hall–Kier alpha value is -1.84. The van der Waals surface area contributed by atoms with Gasteiger partial charge in [-0.15, -0.1) is 0 Å². The van der Waals surface area contributed by atoms with Gasteiger partial charge < -0.3 is 10.2 Å². The molecule has 134 valence electrons. The highest BCUT2D eigenvalue weighted by atomic mass is 16.3. The Morgan fingerprint density at radius 3 is 2.60 bits per heavy atom. The molecule has 4 rings (SSSR count). The molecule has 0 bridgehead atoms. The van der Waals surface area contributed by atoms with E-state index < -0.39 is 17.0 Å². The van der Waals surface area contributed by atoms with Crippen LogP contribution >= 0.6 is 0 Å². The zero-order valence-electron chi connectivity index (χ0n) is 15.1. The van der Waals surface area contributed by atoms with Crippen molar-refractivity contribution in [3.63, 3.8) is 0 Å². The highest BCUT2D eigenvalue weighted by Gasteiger charge is 2.58. The monoisotopic (exact) mass is 342 g/mol. The number of rotatable bonds is 1. The van der Waals surface area contributed by atoms with Crippen molar-refractivity contribution in [2.75, 3.05) is 0 Å². The summed E-state index contributed by atoms with van der Waals surface area (Å²) in [5.74, 6) is -0.0913. The third kappa shape index (κ3) is 1.94.